The lowest BCUT2D eigenvalue weighted by atomic mass is 10.6. The van der Waals surface area contributed by atoms with Crippen LogP contribution in [0.2, 0.25) is 0 Å². The smallest absolute Gasteiger partial charge is 0.0260 e. The van der Waals surface area contributed by atoms with Crippen molar-refractivity contribution in [2.45, 2.75) is 6.42 Å². The number of halogens is 3. The van der Waals surface area contributed by atoms with Crippen molar-refractivity contribution < 1.29 is 0 Å². The van der Waals surface area contributed by atoms with Gasteiger partial charge in [-0.2, -0.15) is 0 Å². The summed E-state index contributed by atoms with van der Waals surface area (Å²) < 4.78 is 0. The van der Waals surface area contributed by atoms with Crippen molar-refractivity contribution in [3.05, 3.63) is 0 Å². The standard InChI is InChI=1S/C5H11Cl2P.ClH/c6-2-1-4-8-5-3-7;/h8H,1-5H2;1H. The zero-order chi connectivity index (χ0) is 6.24. The first-order valence-electron chi connectivity index (χ1n) is 2.74. The predicted octanol–water partition coefficient (Wildman–Crippen LogP) is 2.95. The van der Waals surface area contributed by atoms with Crippen LogP contribution in [0.5, 0.6) is 0 Å². The van der Waals surface area contributed by atoms with Gasteiger partial charge in [-0.3, -0.25) is 0 Å². The van der Waals surface area contributed by atoms with Crippen LogP contribution in [-0.4, -0.2) is 24.1 Å². The average molecular weight is 209 g/mol. The van der Waals surface area contributed by atoms with E-state index in [1.54, 1.807) is 0 Å². The Kier molecular flexibility index (Phi) is 17.3. The van der Waals surface area contributed by atoms with Gasteiger partial charge in [0.2, 0.25) is 0 Å². The van der Waals surface area contributed by atoms with Crippen molar-refractivity contribution >= 4 is 44.2 Å². The van der Waals surface area contributed by atoms with E-state index in [-0.39, 0.29) is 12.4 Å². The van der Waals surface area contributed by atoms with Gasteiger partial charge in [-0.25, -0.2) is 0 Å². The SMILES string of the molecule is Cl.ClCCCPCCCl. The Hall–Kier alpha value is 1.30. The Morgan fingerprint density at radius 3 is 2.11 bits per heavy atom. The number of hydrogen-bond donors (Lipinski definition) is 0. The Labute approximate surface area is 74.9 Å². The summed E-state index contributed by atoms with van der Waals surface area (Å²) in [5.41, 5.74) is 0. The first-order chi connectivity index (χ1) is 3.91. The van der Waals surface area contributed by atoms with E-state index in [1.807, 2.05) is 0 Å². The molecule has 0 fully saturated rings. The number of hydrogen-bond acceptors (Lipinski definition) is 0. The minimum atomic E-state index is 0. The summed E-state index contributed by atoms with van der Waals surface area (Å²) in [6.07, 6.45) is 3.57. The van der Waals surface area contributed by atoms with Crippen LogP contribution in [-0.2, 0) is 0 Å². The van der Waals surface area contributed by atoms with Crippen LogP contribution in [0, 0.1) is 0 Å². The highest BCUT2D eigenvalue weighted by molar-refractivity contribution is 7.38. The van der Waals surface area contributed by atoms with Gasteiger partial charge in [0.25, 0.3) is 0 Å². The monoisotopic (exact) mass is 208 g/mol. The molecule has 0 N–H and O–H groups in total. The second kappa shape index (κ2) is 12.0. The molecule has 0 aromatic heterocycles. The molecule has 0 spiro atoms. The predicted molar refractivity (Wildman–Crippen MR) is 51.4 cm³/mol. The molecular formula is C5H12Cl3P. The van der Waals surface area contributed by atoms with E-state index in [4.69, 9.17) is 23.2 Å². The van der Waals surface area contributed by atoms with Crippen LogP contribution < -0.4 is 0 Å². The summed E-state index contributed by atoms with van der Waals surface area (Å²) in [5.74, 6) is 1.61. The van der Waals surface area contributed by atoms with E-state index in [9.17, 15) is 0 Å². The number of alkyl halides is 2. The van der Waals surface area contributed by atoms with Crippen molar-refractivity contribution in [3.63, 3.8) is 0 Å². The van der Waals surface area contributed by atoms with E-state index in [2.05, 4.69) is 0 Å². The third-order valence-corrected chi connectivity index (χ3v) is 2.84. The van der Waals surface area contributed by atoms with Gasteiger partial charge in [-0.05, 0) is 18.7 Å². The molecule has 0 aromatic rings. The molecule has 4 heteroatoms. The highest BCUT2D eigenvalue weighted by Gasteiger charge is 1.84. The molecule has 0 rings (SSSR count). The number of rotatable bonds is 5. The van der Waals surface area contributed by atoms with Gasteiger partial charge in [0, 0.05) is 11.8 Å². The van der Waals surface area contributed by atoms with E-state index >= 15 is 0 Å². The Balaban J connectivity index is 0. The fraction of sp³-hybridized carbons (Fsp3) is 1.00. The Bertz CT molecular complexity index is 37.2. The van der Waals surface area contributed by atoms with Crippen LogP contribution in [0.1, 0.15) is 6.42 Å². The van der Waals surface area contributed by atoms with Crippen LogP contribution in [0.15, 0.2) is 0 Å². The van der Waals surface area contributed by atoms with Crippen LogP contribution >= 0.6 is 44.2 Å². The van der Waals surface area contributed by atoms with Crippen LogP contribution in [0.25, 0.3) is 0 Å². The van der Waals surface area contributed by atoms with Crippen LogP contribution in [0.3, 0.4) is 0 Å². The normalized spacial score (nSPS) is 10.0. The van der Waals surface area contributed by atoms with Crippen molar-refractivity contribution in [2.24, 2.45) is 0 Å². The van der Waals surface area contributed by atoms with E-state index in [0.717, 1.165) is 26.8 Å². The molecular weight excluding hydrogens is 197 g/mol. The van der Waals surface area contributed by atoms with Gasteiger partial charge in [0.1, 0.15) is 0 Å². The van der Waals surface area contributed by atoms with Gasteiger partial charge in [0.15, 0.2) is 0 Å². The maximum absolute atomic E-state index is 5.45. The zero-order valence-corrected chi connectivity index (χ0v) is 8.53. The Morgan fingerprint density at radius 2 is 1.67 bits per heavy atom. The molecule has 0 saturated carbocycles. The topological polar surface area (TPSA) is 0 Å². The minimum absolute atomic E-state index is 0. The molecule has 0 radical (unpaired) electrons. The average Bonchev–Trinajstić information content (AvgIpc) is 1.81. The maximum atomic E-state index is 5.45. The fourth-order valence-electron chi connectivity index (χ4n) is 0.384. The lowest BCUT2D eigenvalue weighted by Gasteiger charge is -1.92. The second-order valence-corrected chi connectivity index (χ2v) is 3.74. The van der Waals surface area contributed by atoms with Crippen LogP contribution in [0.4, 0.5) is 0 Å². The molecule has 0 heterocycles. The van der Waals surface area contributed by atoms with E-state index < -0.39 is 0 Å². The summed E-state index contributed by atoms with van der Waals surface area (Å²) in [5, 5.41) is 0. The van der Waals surface area contributed by atoms with Gasteiger partial charge >= 0.3 is 0 Å². The molecule has 0 aliphatic carbocycles. The summed E-state index contributed by atoms with van der Waals surface area (Å²) in [4.78, 5) is 0. The van der Waals surface area contributed by atoms with E-state index in [1.165, 1.54) is 12.3 Å². The third kappa shape index (κ3) is 12.5. The largest absolute Gasteiger partial charge is 0.147 e. The zero-order valence-electron chi connectivity index (χ0n) is 5.20. The quantitative estimate of drug-likeness (QED) is 0.371. The van der Waals surface area contributed by atoms with Gasteiger partial charge in [-0.1, -0.05) is 0 Å². The van der Waals surface area contributed by atoms with Crippen molar-refractivity contribution in [1.29, 1.82) is 0 Å². The summed E-state index contributed by atoms with van der Waals surface area (Å²) in [6.45, 7) is 0. The van der Waals surface area contributed by atoms with E-state index in [0.29, 0.717) is 0 Å². The maximum Gasteiger partial charge on any atom is 0.0260 e. The fourth-order valence-corrected chi connectivity index (χ4v) is 1.95. The molecule has 0 aliphatic rings. The first-order valence-corrected chi connectivity index (χ1v) is 5.22. The molecule has 0 bridgehead atoms. The van der Waals surface area contributed by atoms with Gasteiger partial charge in [-0.15, -0.1) is 44.2 Å². The second-order valence-electron chi connectivity index (χ2n) is 1.48. The molecule has 0 saturated heterocycles. The van der Waals surface area contributed by atoms with Crippen molar-refractivity contribution in [1.82, 2.24) is 0 Å². The first kappa shape index (κ1) is 12.9. The van der Waals surface area contributed by atoms with Crippen molar-refractivity contribution in [3.8, 4) is 0 Å². The highest BCUT2D eigenvalue weighted by atomic mass is 35.5. The molecule has 1 atom stereocenters. The van der Waals surface area contributed by atoms with Gasteiger partial charge in [0.05, 0.1) is 0 Å². The third-order valence-electron chi connectivity index (χ3n) is 0.758. The molecule has 1 unspecified atom stereocenters. The molecule has 0 nitrogen and oxygen atoms in total. The van der Waals surface area contributed by atoms with Crippen molar-refractivity contribution in [2.75, 3.05) is 24.1 Å². The lowest BCUT2D eigenvalue weighted by molar-refractivity contribution is 1.11. The molecule has 0 aromatic carbocycles. The summed E-state index contributed by atoms with van der Waals surface area (Å²) >= 11 is 10.9. The molecule has 0 amide bonds. The summed E-state index contributed by atoms with van der Waals surface area (Å²) in [6, 6.07) is 0. The lowest BCUT2D eigenvalue weighted by Crippen LogP contribution is -1.81. The molecule has 9 heavy (non-hydrogen) atoms. The van der Waals surface area contributed by atoms with Gasteiger partial charge < -0.3 is 0 Å². The molecule has 0 aliphatic heterocycles. The summed E-state index contributed by atoms with van der Waals surface area (Å²) in [7, 11) is 1.02. The highest BCUT2D eigenvalue weighted by Crippen LogP contribution is 2.10. The molecule has 58 valence electrons. The minimum Gasteiger partial charge on any atom is -0.147 e. The Morgan fingerprint density at radius 1 is 1.00 bits per heavy atom.